The molecule has 0 radical (unpaired) electrons. The van der Waals surface area contributed by atoms with Gasteiger partial charge in [-0.05, 0) is 40.9 Å². The molecule has 2 aromatic rings. The number of H-pyrrole nitrogens is 1. The van der Waals surface area contributed by atoms with Gasteiger partial charge in [0.2, 0.25) is 0 Å². The van der Waals surface area contributed by atoms with E-state index in [-0.39, 0.29) is 5.56 Å². The summed E-state index contributed by atoms with van der Waals surface area (Å²) in [5, 5.41) is 0. The molecule has 0 bridgehead atoms. The summed E-state index contributed by atoms with van der Waals surface area (Å²) in [7, 11) is 1.61. The Morgan fingerprint density at radius 1 is 1.37 bits per heavy atom. The standard InChI is InChI=1S/C14H13BrN2O2/c1-19-10-5-3-2-4-9(10)13-16-12(8-6-7-8)11(15)14(18)17-13/h2-5,8H,6-7H2,1H3,(H,16,17,18). The summed E-state index contributed by atoms with van der Waals surface area (Å²) >= 11 is 3.33. The van der Waals surface area contributed by atoms with E-state index in [0.29, 0.717) is 22.0 Å². The molecule has 1 aromatic heterocycles. The maximum absolute atomic E-state index is 12.0. The number of para-hydroxylation sites is 1. The van der Waals surface area contributed by atoms with Gasteiger partial charge in [0.05, 0.1) is 18.4 Å². The Hall–Kier alpha value is -1.62. The number of nitrogens with one attached hydrogen (secondary N) is 1. The van der Waals surface area contributed by atoms with Gasteiger partial charge >= 0.3 is 0 Å². The zero-order valence-corrected chi connectivity index (χ0v) is 12.0. The third-order valence-electron chi connectivity index (χ3n) is 3.21. The first-order valence-electron chi connectivity index (χ1n) is 6.14. The molecule has 1 N–H and O–H groups in total. The van der Waals surface area contributed by atoms with Gasteiger partial charge in [0.15, 0.2) is 0 Å². The molecule has 0 amide bonds. The van der Waals surface area contributed by atoms with Gasteiger partial charge in [-0.1, -0.05) is 12.1 Å². The van der Waals surface area contributed by atoms with Crippen LogP contribution in [0.1, 0.15) is 24.5 Å². The van der Waals surface area contributed by atoms with Crippen molar-refractivity contribution < 1.29 is 4.74 Å². The summed E-state index contributed by atoms with van der Waals surface area (Å²) < 4.78 is 5.86. The predicted octanol–water partition coefficient (Wildman–Crippen LogP) is 3.09. The van der Waals surface area contributed by atoms with Crippen molar-refractivity contribution in [1.29, 1.82) is 0 Å². The number of ether oxygens (including phenoxy) is 1. The lowest BCUT2D eigenvalue weighted by atomic mass is 10.1. The van der Waals surface area contributed by atoms with Crippen molar-refractivity contribution in [3.8, 4) is 17.1 Å². The number of aromatic nitrogens is 2. The van der Waals surface area contributed by atoms with E-state index in [4.69, 9.17) is 4.74 Å². The molecule has 1 saturated carbocycles. The Morgan fingerprint density at radius 3 is 2.79 bits per heavy atom. The lowest BCUT2D eigenvalue weighted by molar-refractivity contribution is 0.416. The Bertz CT molecular complexity index is 677. The fraction of sp³-hybridized carbons (Fsp3) is 0.286. The van der Waals surface area contributed by atoms with E-state index in [1.54, 1.807) is 7.11 Å². The first-order valence-corrected chi connectivity index (χ1v) is 6.93. The maximum Gasteiger partial charge on any atom is 0.265 e. The first kappa shape index (κ1) is 12.4. The number of methoxy groups -OCH3 is 1. The molecule has 98 valence electrons. The Kier molecular flexibility index (Phi) is 3.14. The quantitative estimate of drug-likeness (QED) is 0.945. The van der Waals surface area contributed by atoms with Crippen molar-refractivity contribution >= 4 is 15.9 Å². The van der Waals surface area contributed by atoms with Crippen LogP contribution >= 0.6 is 15.9 Å². The largest absolute Gasteiger partial charge is 0.496 e. The number of hydrogen-bond acceptors (Lipinski definition) is 3. The van der Waals surface area contributed by atoms with Crippen LogP contribution in [0, 0.1) is 0 Å². The molecule has 1 aliphatic rings. The minimum atomic E-state index is -0.141. The van der Waals surface area contributed by atoms with Crippen LogP contribution < -0.4 is 10.3 Å². The fourth-order valence-corrected chi connectivity index (χ4v) is 2.58. The van der Waals surface area contributed by atoms with Gasteiger partial charge in [-0.25, -0.2) is 4.98 Å². The Morgan fingerprint density at radius 2 is 2.11 bits per heavy atom. The van der Waals surface area contributed by atoms with Crippen molar-refractivity contribution in [1.82, 2.24) is 9.97 Å². The lowest BCUT2D eigenvalue weighted by Gasteiger charge is -2.09. The molecule has 0 spiro atoms. The third kappa shape index (κ3) is 2.30. The summed E-state index contributed by atoms with van der Waals surface area (Å²) in [6, 6.07) is 7.54. The number of nitrogens with zero attached hydrogens (tertiary/aromatic N) is 1. The highest BCUT2D eigenvalue weighted by Crippen LogP contribution is 2.41. The lowest BCUT2D eigenvalue weighted by Crippen LogP contribution is -2.13. The smallest absolute Gasteiger partial charge is 0.265 e. The molecule has 19 heavy (non-hydrogen) atoms. The summed E-state index contributed by atoms with van der Waals surface area (Å²) in [4.78, 5) is 19.4. The van der Waals surface area contributed by atoms with E-state index >= 15 is 0 Å². The van der Waals surface area contributed by atoms with Crippen LogP contribution in [0.25, 0.3) is 11.4 Å². The number of aromatic amines is 1. The average Bonchev–Trinajstić information content (AvgIpc) is 3.26. The molecule has 1 aliphatic carbocycles. The number of hydrogen-bond donors (Lipinski definition) is 1. The molecule has 1 aromatic carbocycles. The van der Waals surface area contributed by atoms with E-state index in [1.807, 2.05) is 24.3 Å². The molecule has 1 heterocycles. The summed E-state index contributed by atoms with van der Waals surface area (Å²) in [6.45, 7) is 0. The highest BCUT2D eigenvalue weighted by molar-refractivity contribution is 9.10. The zero-order chi connectivity index (χ0) is 13.4. The normalized spacial score (nSPS) is 14.4. The molecule has 0 saturated heterocycles. The predicted molar refractivity (Wildman–Crippen MR) is 76.5 cm³/mol. The molecular weight excluding hydrogens is 308 g/mol. The molecule has 5 heteroatoms. The second-order valence-electron chi connectivity index (χ2n) is 4.59. The first-order chi connectivity index (χ1) is 9.20. The minimum absolute atomic E-state index is 0.141. The van der Waals surface area contributed by atoms with Crippen molar-refractivity contribution in [2.45, 2.75) is 18.8 Å². The highest BCUT2D eigenvalue weighted by Gasteiger charge is 2.29. The monoisotopic (exact) mass is 320 g/mol. The summed E-state index contributed by atoms with van der Waals surface area (Å²) in [5.74, 6) is 1.67. The van der Waals surface area contributed by atoms with Crippen LogP contribution in [0.5, 0.6) is 5.75 Å². The second kappa shape index (κ2) is 4.81. The third-order valence-corrected chi connectivity index (χ3v) is 3.98. The van der Waals surface area contributed by atoms with Gasteiger partial charge < -0.3 is 9.72 Å². The van der Waals surface area contributed by atoms with Crippen LogP contribution in [0.15, 0.2) is 33.5 Å². The van der Waals surface area contributed by atoms with Gasteiger partial charge in [-0.15, -0.1) is 0 Å². The van der Waals surface area contributed by atoms with E-state index in [9.17, 15) is 4.79 Å². The number of halogens is 1. The second-order valence-corrected chi connectivity index (χ2v) is 5.38. The van der Waals surface area contributed by atoms with E-state index in [2.05, 4.69) is 25.9 Å². The fourth-order valence-electron chi connectivity index (χ4n) is 2.07. The van der Waals surface area contributed by atoms with Crippen LogP contribution in [-0.4, -0.2) is 17.1 Å². The number of rotatable bonds is 3. The summed E-state index contributed by atoms with van der Waals surface area (Å²) in [6.07, 6.45) is 2.20. The SMILES string of the molecule is COc1ccccc1-c1nc(C2CC2)c(Br)c(=O)[nH]1. The molecule has 0 atom stereocenters. The van der Waals surface area contributed by atoms with Crippen LogP contribution in [0.2, 0.25) is 0 Å². The number of benzene rings is 1. The van der Waals surface area contributed by atoms with E-state index in [1.165, 1.54) is 0 Å². The summed E-state index contributed by atoms with van der Waals surface area (Å²) in [5.41, 5.74) is 1.51. The van der Waals surface area contributed by atoms with Gasteiger partial charge in [-0.3, -0.25) is 4.79 Å². The molecule has 4 nitrogen and oxygen atoms in total. The maximum atomic E-state index is 12.0. The Balaban J connectivity index is 2.17. The van der Waals surface area contributed by atoms with E-state index in [0.717, 1.165) is 24.1 Å². The van der Waals surface area contributed by atoms with Crippen LogP contribution in [0.3, 0.4) is 0 Å². The van der Waals surface area contributed by atoms with Crippen LogP contribution in [0.4, 0.5) is 0 Å². The van der Waals surface area contributed by atoms with Gasteiger partial charge in [-0.2, -0.15) is 0 Å². The van der Waals surface area contributed by atoms with Crippen molar-refractivity contribution in [2.75, 3.05) is 7.11 Å². The molecule has 0 aliphatic heterocycles. The van der Waals surface area contributed by atoms with Crippen molar-refractivity contribution in [2.24, 2.45) is 0 Å². The van der Waals surface area contributed by atoms with Crippen LogP contribution in [-0.2, 0) is 0 Å². The average molecular weight is 321 g/mol. The topological polar surface area (TPSA) is 55.0 Å². The minimum Gasteiger partial charge on any atom is -0.496 e. The van der Waals surface area contributed by atoms with Crippen molar-refractivity contribution in [3.05, 3.63) is 44.8 Å². The van der Waals surface area contributed by atoms with Gasteiger partial charge in [0.25, 0.3) is 5.56 Å². The van der Waals surface area contributed by atoms with Gasteiger partial charge in [0.1, 0.15) is 16.0 Å². The highest BCUT2D eigenvalue weighted by atomic mass is 79.9. The van der Waals surface area contributed by atoms with E-state index < -0.39 is 0 Å². The molecule has 3 rings (SSSR count). The van der Waals surface area contributed by atoms with Gasteiger partial charge in [0, 0.05) is 5.92 Å². The molecule has 1 fully saturated rings. The zero-order valence-electron chi connectivity index (χ0n) is 10.4. The van der Waals surface area contributed by atoms with Crippen molar-refractivity contribution in [3.63, 3.8) is 0 Å². The molecule has 0 unspecified atom stereocenters. The molecular formula is C14H13BrN2O2. The Labute approximate surface area is 119 Å².